The van der Waals surface area contributed by atoms with Gasteiger partial charge in [-0.15, -0.1) is 0 Å². The molecule has 0 aromatic rings. The molecule has 0 saturated heterocycles. The normalized spacial score (nSPS) is 16.7. The molecule has 3 unspecified atom stereocenters. The maximum Gasteiger partial charge on any atom is 0.458 e. The summed E-state index contributed by atoms with van der Waals surface area (Å²) < 4.78 is 128. The summed E-state index contributed by atoms with van der Waals surface area (Å²) in [6, 6.07) is 0. The molecule has 33 heavy (non-hydrogen) atoms. The van der Waals surface area contributed by atoms with Crippen LogP contribution in [-0.2, 0) is 18.4 Å². The molecule has 0 aliphatic carbocycles. The van der Waals surface area contributed by atoms with Crippen LogP contribution in [0.1, 0.15) is 59.3 Å². The minimum Gasteiger partial charge on any atom is -0.462 e. The molecule has 0 aliphatic heterocycles. The highest BCUT2D eigenvalue weighted by Gasteiger charge is 2.82. The first-order valence-corrected chi connectivity index (χ1v) is 14.9. The molecule has 0 rings (SSSR count). The Bertz CT molecular complexity index is 604. The van der Waals surface area contributed by atoms with E-state index in [-0.39, 0.29) is 25.0 Å². The van der Waals surface area contributed by atoms with Crippen molar-refractivity contribution in [3.8, 4) is 0 Å². The average Bonchev–Trinajstić information content (AvgIpc) is 2.66. The van der Waals surface area contributed by atoms with E-state index < -0.39 is 65.5 Å². The van der Waals surface area contributed by atoms with Gasteiger partial charge in [-0.1, -0.05) is 33.3 Å². The number of rotatable bonds is 15. The summed E-state index contributed by atoms with van der Waals surface area (Å²) in [6.07, 6.45) is -0.960. The molecule has 0 aliphatic rings. The minimum atomic E-state index is -7.40. The highest BCUT2D eigenvalue weighted by molar-refractivity contribution is 6.87. The Labute approximate surface area is 191 Å². The van der Waals surface area contributed by atoms with Crippen molar-refractivity contribution >= 4 is 22.9 Å². The van der Waals surface area contributed by atoms with Gasteiger partial charge in [0.05, 0.1) is 6.61 Å². The van der Waals surface area contributed by atoms with Crippen LogP contribution in [0.4, 0.5) is 34.8 Å². The number of esters is 1. The molecule has 0 radical (unpaired) electrons. The first kappa shape index (κ1) is 32.0. The van der Waals surface area contributed by atoms with Crippen LogP contribution in [0.3, 0.4) is 0 Å². The van der Waals surface area contributed by atoms with Crippen LogP contribution in [0.25, 0.3) is 0 Å². The van der Waals surface area contributed by atoms with Gasteiger partial charge in [0.15, 0.2) is 0 Å². The van der Waals surface area contributed by atoms with Crippen LogP contribution < -0.4 is 0 Å². The van der Waals surface area contributed by atoms with Gasteiger partial charge in [-0.25, -0.2) is 9.18 Å². The lowest BCUT2D eigenvalue weighted by atomic mass is 10.3. The zero-order chi connectivity index (χ0) is 26.1. The van der Waals surface area contributed by atoms with E-state index in [9.17, 15) is 35.5 Å². The third-order valence-corrected chi connectivity index (χ3v) is 12.1. The third-order valence-electron chi connectivity index (χ3n) is 4.75. The maximum atomic E-state index is 15.5. The number of hydrogen-bond acceptors (Lipinski definition) is 4. The van der Waals surface area contributed by atoms with E-state index in [0.29, 0.717) is 19.4 Å². The molecule has 14 heteroatoms. The Balaban J connectivity index is 5.98. The SMILES string of the molecule is C=C(C)C(=O)OCCCC(F)[Si](O[Si](C)(F)C(CCCC)OCCC)(C(F)(F)F)C(F)(F)F. The monoisotopic (exact) mass is 532 g/mol. The largest absolute Gasteiger partial charge is 0.462 e. The van der Waals surface area contributed by atoms with Crippen LogP contribution in [-0.4, -0.2) is 59.3 Å². The molecular weight excluding hydrogens is 500 g/mol. The summed E-state index contributed by atoms with van der Waals surface area (Å²) in [5, 5.41) is 0. The molecule has 0 amide bonds. The van der Waals surface area contributed by atoms with Crippen LogP contribution >= 0.6 is 0 Å². The lowest BCUT2D eigenvalue weighted by molar-refractivity contribution is -0.142. The predicted molar refractivity (Wildman–Crippen MR) is 111 cm³/mol. The summed E-state index contributed by atoms with van der Waals surface area (Å²) in [6.45, 7) is 7.71. The second kappa shape index (κ2) is 13.2. The Hall–Kier alpha value is -0.996. The van der Waals surface area contributed by atoms with Crippen molar-refractivity contribution in [3.05, 3.63) is 12.2 Å². The van der Waals surface area contributed by atoms with Gasteiger partial charge in [-0.3, -0.25) is 4.11 Å². The van der Waals surface area contributed by atoms with Crippen LogP contribution in [0.5, 0.6) is 0 Å². The fourth-order valence-corrected chi connectivity index (χ4v) is 10.2. The van der Waals surface area contributed by atoms with E-state index in [0.717, 1.165) is 0 Å². The van der Waals surface area contributed by atoms with E-state index in [2.05, 4.69) is 15.4 Å². The van der Waals surface area contributed by atoms with E-state index in [1.807, 2.05) is 0 Å². The number of carbonyl (C=O) groups is 1. The second-order valence-electron chi connectivity index (χ2n) is 7.85. The Kier molecular flexibility index (Phi) is 12.8. The Morgan fingerprint density at radius 3 is 1.94 bits per heavy atom. The molecule has 4 nitrogen and oxygen atoms in total. The zero-order valence-corrected chi connectivity index (χ0v) is 21.2. The fraction of sp³-hybridized carbons (Fsp3) is 0.842. The molecule has 0 N–H and O–H groups in total. The topological polar surface area (TPSA) is 44.8 Å². The number of alkyl halides is 7. The smallest absolute Gasteiger partial charge is 0.458 e. The van der Waals surface area contributed by atoms with E-state index >= 15 is 4.11 Å². The van der Waals surface area contributed by atoms with Gasteiger partial charge >= 0.3 is 34.5 Å². The molecule has 196 valence electrons. The average molecular weight is 533 g/mol. The molecule has 0 heterocycles. The molecule has 0 fully saturated rings. The van der Waals surface area contributed by atoms with Crippen LogP contribution in [0.15, 0.2) is 12.2 Å². The van der Waals surface area contributed by atoms with Gasteiger partial charge in [-0.2, -0.15) is 26.3 Å². The predicted octanol–water partition coefficient (Wildman–Crippen LogP) is 6.49. The van der Waals surface area contributed by atoms with Crippen molar-refractivity contribution in [2.24, 2.45) is 0 Å². The van der Waals surface area contributed by atoms with Crippen molar-refractivity contribution in [1.29, 1.82) is 0 Å². The van der Waals surface area contributed by atoms with Crippen LogP contribution in [0.2, 0.25) is 6.55 Å². The van der Waals surface area contributed by atoms with Gasteiger partial charge in [0.25, 0.3) is 0 Å². The van der Waals surface area contributed by atoms with Gasteiger partial charge in [0.1, 0.15) is 11.5 Å². The second-order valence-corrected chi connectivity index (χ2v) is 14.5. The lowest BCUT2D eigenvalue weighted by Gasteiger charge is -2.41. The highest BCUT2D eigenvalue weighted by Crippen LogP contribution is 2.48. The summed E-state index contributed by atoms with van der Waals surface area (Å²) >= 11 is 0. The van der Waals surface area contributed by atoms with Gasteiger partial charge in [0.2, 0.25) is 0 Å². The van der Waals surface area contributed by atoms with E-state index in [1.54, 1.807) is 13.8 Å². The van der Waals surface area contributed by atoms with Crippen molar-refractivity contribution in [2.45, 2.75) is 89.0 Å². The highest BCUT2D eigenvalue weighted by atomic mass is 28.5. The van der Waals surface area contributed by atoms with Gasteiger partial charge < -0.3 is 13.6 Å². The molecule has 0 aromatic heterocycles. The standard InChI is InChI=1S/C19H32F8O4Si2/c1-6-8-11-16(29-12-7-2)32(5,27)31-33(18(21,22)23,19(24,25)26)15(20)10-9-13-30-17(28)14(3)4/h15-16H,3,6-13H2,1-2,4-5H3. The first-order valence-electron chi connectivity index (χ1n) is 10.6. The molecule has 0 aromatic carbocycles. The quantitative estimate of drug-likeness (QED) is 0.0604. The number of carbonyl (C=O) groups excluding carboxylic acids is 1. The maximum absolute atomic E-state index is 15.5. The molecule has 0 spiro atoms. The van der Waals surface area contributed by atoms with Gasteiger partial charge in [0, 0.05) is 12.2 Å². The van der Waals surface area contributed by atoms with E-state index in [1.165, 1.54) is 6.92 Å². The molecule has 3 atom stereocenters. The number of ether oxygens (including phenoxy) is 2. The van der Waals surface area contributed by atoms with Gasteiger partial charge in [-0.05, 0) is 39.2 Å². The lowest BCUT2D eigenvalue weighted by Crippen LogP contribution is -2.74. The number of hydrogen-bond donors (Lipinski definition) is 0. The van der Waals surface area contributed by atoms with Crippen LogP contribution in [0, 0.1) is 0 Å². The minimum absolute atomic E-state index is 0.0474. The van der Waals surface area contributed by atoms with Crippen molar-refractivity contribution in [1.82, 2.24) is 0 Å². The van der Waals surface area contributed by atoms with Crippen molar-refractivity contribution in [2.75, 3.05) is 13.2 Å². The third kappa shape index (κ3) is 8.94. The fourth-order valence-electron chi connectivity index (χ4n) is 2.97. The number of unbranched alkanes of at least 4 members (excludes halogenated alkanes) is 1. The van der Waals surface area contributed by atoms with Crippen molar-refractivity contribution in [3.63, 3.8) is 0 Å². The summed E-state index contributed by atoms with van der Waals surface area (Å²) in [5.41, 5.74) is -1.66. The first-order chi connectivity index (χ1) is 15.0. The van der Waals surface area contributed by atoms with E-state index in [4.69, 9.17) is 4.74 Å². The molecule has 0 bridgehead atoms. The summed E-state index contributed by atoms with van der Waals surface area (Å²) in [5.74, 6) is -16.9. The zero-order valence-electron chi connectivity index (χ0n) is 19.2. The Morgan fingerprint density at radius 1 is 0.970 bits per heavy atom. The Morgan fingerprint density at radius 2 is 1.52 bits per heavy atom. The molecule has 0 saturated carbocycles. The van der Waals surface area contributed by atoms with Crippen molar-refractivity contribution < 1.29 is 53.2 Å². The number of halogens is 8. The summed E-state index contributed by atoms with van der Waals surface area (Å²) in [4.78, 5) is 11.3. The molecular formula is C19H32F8O4Si2. The summed E-state index contributed by atoms with van der Waals surface area (Å²) in [7, 11) is -12.7.